The first-order valence-electron chi connectivity index (χ1n) is 11.3. The zero-order valence-electron chi connectivity index (χ0n) is 19.9. The number of alkyl halides is 6. The Morgan fingerprint density at radius 1 is 1.05 bits per heavy atom. The topological polar surface area (TPSA) is 90.2 Å². The summed E-state index contributed by atoms with van der Waals surface area (Å²) in [4.78, 5) is 19.3. The Kier molecular flexibility index (Phi) is 6.01. The Morgan fingerprint density at radius 2 is 1.74 bits per heavy atom. The summed E-state index contributed by atoms with van der Waals surface area (Å²) >= 11 is 0. The third-order valence-corrected chi connectivity index (χ3v) is 6.44. The number of ether oxygens (including phenoxy) is 2. The van der Waals surface area contributed by atoms with Crippen molar-refractivity contribution in [2.75, 3.05) is 13.7 Å². The van der Waals surface area contributed by atoms with Gasteiger partial charge in [-0.2, -0.15) is 31.3 Å². The molecule has 1 atom stereocenters. The summed E-state index contributed by atoms with van der Waals surface area (Å²) in [6, 6.07) is 6.17. The van der Waals surface area contributed by atoms with Crippen LogP contribution in [-0.4, -0.2) is 34.8 Å². The summed E-state index contributed by atoms with van der Waals surface area (Å²) in [6.07, 6.45) is -9.49. The number of fused-ring (bicyclic) bond motifs is 3. The van der Waals surface area contributed by atoms with Crippen LogP contribution in [0.25, 0.3) is 33.7 Å². The van der Waals surface area contributed by atoms with Crippen LogP contribution in [0.5, 0.6) is 0 Å². The second kappa shape index (κ2) is 8.86. The SMILES string of the molecule is COC(=O)CC1(C)OCCc2c1[nH]c1ccc(-c3noc(-c4cc(C(F)(F)F)cc(C(F)(F)F)c4)n3)cc21. The molecule has 2 aromatic carbocycles. The Labute approximate surface area is 210 Å². The standard InChI is InChI=1S/C25H19F6N3O4/c1-23(11-19(35)36-2)20-16(5-6-37-23)17-9-12(3-4-18(17)32-20)21-33-22(38-34-21)13-7-14(24(26,27)28)10-15(8-13)25(29,30)31/h3-4,7-10,32H,5-6,11H2,1-2H3. The molecule has 0 fully saturated rings. The van der Waals surface area contributed by atoms with Gasteiger partial charge in [0.2, 0.25) is 5.82 Å². The van der Waals surface area contributed by atoms with Gasteiger partial charge >= 0.3 is 18.3 Å². The number of halogens is 6. The maximum absolute atomic E-state index is 13.3. The molecule has 1 aliphatic heterocycles. The minimum absolute atomic E-state index is 0.0126. The number of hydrogen-bond donors (Lipinski definition) is 1. The molecule has 1 unspecified atom stereocenters. The van der Waals surface area contributed by atoms with Gasteiger partial charge in [-0.25, -0.2) is 0 Å². The maximum Gasteiger partial charge on any atom is 0.416 e. The molecule has 0 amide bonds. The molecular formula is C25H19F6N3O4. The highest BCUT2D eigenvalue weighted by molar-refractivity contribution is 5.89. The van der Waals surface area contributed by atoms with E-state index in [-0.39, 0.29) is 18.3 Å². The molecule has 0 saturated heterocycles. The number of esters is 1. The van der Waals surface area contributed by atoms with Crippen molar-refractivity contribution in [3.8, 4) is 22.8 Å². The van der Waals surface area contributed by atoms with Crippen molar-refractivity contribution >= 4 is 16.9 Å². The van der Waals surface area contributed by atoms with Gasteiger partial charge in [0.15, 0.2) is 0 Å². The van der Waals surface area contributed by atoms with Crippen molar-refractivity contribution < 1.29 is 45.1 Å². The maximum atomic E-state index is 13.3. The van der Waals surface area contributed by atoms with E-state index >= 15 is 0 Å². The first-order valence-corrected chi connectivity index (χ1v) is 11.3. The Morgan fingerprint density at radius 3 is 2.37 bits per heavy atom. The van der Waals surface area contributed by atoms with Crippen LogP contribution >= 0.6 is 0 Å². The van der Waals surface area contributed by atoms with Crippen LogP contribution in [0, 0.1) is 0 Å². The lowest BCUT2D eigenvalue weighted by atomic mass is 9.90. The normalized spacial score (nSPS) is 18.0. The number of aromatic amines is 1. The largest absolute Gasteiger partial charge is 0.469 e. The molecule has 7 nitrogen and oxygen atoms in total. The molecule has 0 radical (unpaired) electrons. The van der Waals surface area contributed by atoms with E-state index in [4.69, 9.17) is 14.0 Å². The minimum atomic E-state index is -5.01. The van der Waals surface area contributed by atoms with Gasteiger partial charge in [-0.15, -0.1) is 0 Å². The number of aromatic nitrogens is 3. The summed E-state index contributed by atoms with van der Waals surface area (Å²) in [5.41, 5.74) is -1.66. The summed E-state index contributed by atoms with van der Waals surface area (Å²) in [6.45, 7) is 2.12. The van der Waals surface area contributed by atoms with Crippen LogP contribution < -0.4 is 0 Å². The van der Waals surface area contributed by atoms with Crippen LogP contribution in [-0.2, 0) is 38.6 Å². The summed E-state index contributed by atoms with van der Waals surface area (Å²) in [5, 5.41) is 4.56. The van der Waals surface area contributed by atoms with Gasteiger partial charge < -0.3 is 19.0 Å². The Bertz CT molecular complexity index is 1510. The van der Waals surface area contributed by atoms with Crippen LogP contribution in [0.4, 0.5) is 26.3 Å². The number of carbonyl (C=O) groups excluding carboxylic acids is 1. The van der Waals surface area contributed by atoms with E-state index in [0.717, 1.165) is 16.5 Å². The molecule has 0 bridgehead atoms. The average Bonchev–Trinajstić information content (AvgIpc) is 3.48. The number of hydrogen-bond acceptors (Lipinski definition) is 6. The monoisotopic (exact) mass is 539 g/mol. The van der Waals surface area contributed by atoms with Crippen molar-refractivity contribution in [1.29, 1.82) is 0 Å². The number of rotatable bonds is 4. The van der Waals surface area contributed by atoms with Gasteiger partial charge in [-0.05, 0) is 55.3 Å². The highest BCUT2D eigenvalue weighted by atomic mass is 19.4. The zero-order chi connectivity index (χ0) is 27.5. The molecule has 1 aliphatic rings. The minimum Gasteiger partial charge on any atom is -0.469 e. The average molecular weight is 539 g/mol. The highest BCUT2D eigenvalue weighted by Gasteiger charge is 2.39. The molecule has 3 heterocycles. The lowest BCUT2D eigenvalue weighted by Crippen LogP contribution is -2.35. The number of H-pyrrole nitrogens is 1. The lowest BCUT2D eigenvalue weighted by Gasteiger charge is -2.33. The fraction of sp³-hybridized carbons (Fsp3) is 0.320. The van der Waals surface area contributed by atoms with Gasteiger partial charge in [0, 0.05) is 22.0 Å². The fourth-order valence-corrected chi connectivity index (χ4v) is 4.57. The van der Waals surface area contributed by atoms with E-state index in [1.165, 1.54) is 7.11 Å². The second-order valence-corrected chi connectivity index (χ2v) is 9.04. The van der Waals surface area contributed by atoms with Gasteiger partial charge in [0.1, 0.15) is 5.60 Å². The van der Waals surface area contributed by atoms with Crippen molar-refractivity contribution in [2.45, 2.75) is 37.7 Å². The first-order chi connectivity index (χ1) is 17.8. The highest BCUT2D eigenvalue weighted by Crippen LogP contribution is 2.41. The summed E-state index contributed by atoms with van der Waals surface area (Å²) < 4.78 is 95.3. The van der Waals surface area contributed by atoms with E-state index in [9.17, 15) is 31.1 Å². The summed E-state index contributed by atoms with van der Waals surface area (Å²) in [5.74, 6) is -0.957. The molecule has 200 valence electrons. The molecular weight excluding hydrogens is 520 g/mol. The molecule has 4 aromatic rings. The van der Waals surface area contributed by atoms with Gasteiger partial charge in [0.25, 0.3) is 5.89 Å². The molecule has 2 aromatic heterocycles. The first kappa shape index (κ1) is 25.8. The van der Waals surface area contributed by atoms with Crippen LogP contribution in [0.3, 0.4) is 0 Å². The van der Waals surface area contributed by atoms with Gasteiger partial charge in [-0.1, -0.05) is 5.16 Å². The third kappa shape index (κ3) is 4.62. The number of benzene rings is 2. The zero-order valence-corrected chi connectivity index (χ0v) is 19.9. The van der Waals surface area contributed by atoms with Crippen molar-refractivity contribution in [1.82, 2.24) is 15.1 Å². The Hall–Kier alpha value is -3.87. The molecule has 5 rings (SSSR count). The number of carbonyl (C=O) groups is 1. The Balaban J connectivity index is 1.54. The molecule has 13 heteroatoms. The fourth-order valence-electron chi connectivity index (χ4n) is 4.57. The quantitative estimate of drug-likeness (QED) is 0.243. The van der Waals surface area contributed by atoms with Gasteiger partial charge in [0.05, 0.1) is 37.0 Å². The van der Waals surface area contributed by atoms with E-state index < -0.39 is 46.5 Å². The smallest absolute Gasteiger partial charge is 0.416 e. The van der Waals surface area contributed by atoms with E-state index in [1.54, 1.807) is 25.1 Å². The van der Waals surface area contributed by atoms with Crippen molar-refractivity contribution in [3.05, 3.63) is 58.8 Å². The summed E-state index contributed by atoms with van der Waals surface area (Å²) in [7, 11) is 1.29. The lowest BCUT2D eigenvalue weighted by molar-refractivity contribution is -0.150. The second-order valence-electron chi connectivity index (χ2n) is 9.04. The van der Waals surface area contributed by atoms with E-state index in [1.807, 2.05) is 0 Å². The van der Waals surface area contributed by atoms with E-state index in [0.29, 0.717) is 36.4 Å². The molecule has 0 aliphatic carbocycles. The number of methoxy groups -OCH3 is 1. The van der Waals surface area contributed by atoms with Crippen LogP contribution in [0.2, 0.25) is 0 Å². The predicted molar refractivity (Wildman–Crippen MR) is 121 cm³/mol. The van der Waals surface area contributed by atoms with Crippen LogP contribution in [0.15, 0.2) is 40.9 Å². The number of nitrogens with zero attached hydrogens (tertiary/aromatic N) is 2. The molecule has 0 saturated carbocycles. The van der Waals surface area contributed by atoms with Gasteiger partial charge in [-0.3, -0.25) is 4.79 Å². The molecule has 0 spiro atoms. The van der Waals surface area contributed by atoms with Crippen molar-refractivity contribution in [3.63, 3.8) is 0 Å². The van der Waals surface area contributed by atoms with E-state index in [2.05, 4.69) is 15.1 Å². The predicted octanol–water partition coefficient (Wildman–Crippen LogP) is 6.27. The van der Waals surface area contributed by atoms with Crippen molar-refractivity contribution in [2.24, 2.45) is 0 Å². The number of nitrogens with one attached hydrogen (secondary N) is 1. The molecule has 1 N–H and O–H groups in total. The van der Waals surface area contributed by atoms with Crippen LogP contribution in [0.1, 0.15) is 35.7 Å². The molecule has 38 heavy (non-hydrogen) atoms. The third-order valence-electron chi connectivity index (χ3n) is 6.44.